The van der Waals surface area contributed by atoms with Crippen molar-refractivity contribution in [2.75, 3.05) is 0 Å². The SMILES string of the molecule is CCCCC(CC)CC(O)c1cnn2ccccc12. The Labute approximate surface area is 115 Å². The van der Waals surface area contributed by atoms with Gasteiger partial charge in [0, 0.05) is 11.8 Å². The van der Waals surface area contributed by atoms with Crippen molar-refractivity contribution in [1.29, 1.82) is 0 Å². The lowest BCUT2D eigenvalue weighted by atomic mass is 9.91. The fourth-order valence-corrected chi connectivity index (χ4v) is 2.64. The Morgan fingerprint density at radius 2 is 2.16 bits per heavy atom. The number of aromatic nitrogens is 2. The molecule has 0 radical (unpaired) electrons. The molecule has 3 heteroatoms. The fraction of sp³-hybridized carbons (Fsp3) is 0.562. The van der Waals surface area contributed by atoms with Gasteiger partial charge in [-0.15, -0.1) is 0 Å². The molecule has 0 spiro atoms. The van der Waals surface area contributed by atoms with Crippen molar-refractivity contribution in [3.63, 3.8) is 0 Å². The molecular formula is C16H24N2O. The summed E-state index contributed by atoms with van der Waals surface area (Å²) in [5, 5.41) is 14.7. The molecule has 0 saturated carbocycles. The number of aliphatic hydroxyl groups excluding tert-OH is 1. The van der Waals surface area contributed by atoms with Gasteiger partial charge in [-0.25, -0.2) is 4.52 Å². The third-order valence-corrected chi connectivity index (χ3v) is 3.92. The fourth-order valence-electron chi connectivity index (χ4n) is 2.64. The van der Waals surface area contributed by atoms with Gasteiger partial charge in [0.2, 0.25) is 0 Å². The topological polar surface area (TPSA) is 37.5 Å². The van der Waals surface area contributed by atoms with Crippen LogP contribution in [-0.2, 0) is 0 Å². The number of pyridine rings is 1. The summed E-state index contributed by atoms with van der Waals surface area (Å²) in [5.41, 5.74) is 1.97. The minimum absolute atomic E-state index is 0.401. The molecule has 2 rings (SSSR count). The van der Waals surface area contributed by atoms with E-state index in [2.05, 4.69) is 18.9 Å². The van der Waals surface area contributed by atoms with Crippen molar-refractivity contribution < 1.29 is 5.11 Å². The lowest BCUT2D eigenvalue weighted by molar-refractivity contribution is 0.140. The third kappa shape index (κ3) is 3.35. The summed E-state index contributed by atoms with van der Waals surface area (Å²) in [4.78, 5) is 0. The van der Waals surface area contributed by atoms with Gasteiger partial charge in [0.05, 0.1) is 17.8 Å². The number of rotatable bonds is 7. The summed E-state index contributed by atoms with van der Waals surface area (Å²) in [6, 6.07) is 5.95. The Morgan fingerprint density at radius 3 is 2.89 bits per heavy atom. The highest BCUT2D eigenvalue weighted by Gasteiger charge is 2.17. The average Bonchev–Trinajstić information content (AvgIpc) is 2.87. The minimum Gasteiger partial charge on any atom is -0.388 e. The monoisotopic (exact) mass is 260 g/mol. The van der Waals surface area contributed by atoms with Crippen LogP contribution in [0.2, 0.25) is 0 Å². The Balaban J connectivity index is 2.08. The molecule has 0 saturated heterocycles. The lowest BCUT2D eigenvalue weighted by Crippen LogP contribution is -2.07. The van der Waals surface area contributed by atoms with Gasteiger partial charge in [-0.05, 0) is 24.5 Å². The molecule has 1 N–H and O–H groups in total. The molecule has 0 aliphatic heterocycles. The van der Waals surface area contributed by atoms with Crippen LogP contribution in [0.5, 0.6) is 0 Å². The molecule has 2 atom stereocenters. The van der Waals surface area contributed by atoms with E-state index < -0.39 is 6.10 Å². The Bertz CT molecular complexity index is 506. The second kappa shape index (κ2) is 6.71. The van der Waals surface area contributed by atoms with Crippen LogP contribution in [0.1, 0.15) is 57.6 Å². The van der Waals surface area contributed by atoms with Crippen LogP contribution in [0, 0.1) is 5.92 Å². The van der Waals surface area contributed by atoms with Crippen molar-refractivity contribution >= 4 is 5.52 Å². The summed E-state index contributed by atoms with van der Waals surface area (Å²) in [7, 11) is 0. The second-order valence-electron chi connectivity index (χ2n) is 5.30. The van der Waals surface area contributed by atoms with Gasteiger partial charge in [-0.3, -0.25) is 0 Å². The number of nitrogens with zero attached hydrogens (tertiary/aromatic N) is 2. The van der Waals surface area contributed by atoms with E-state index in [9.17, 15) is 5.11 Å². The molecule has 0 aliphatic rings. The van der Waals surface area contributed by atoms with E-state index in [0.717, 1.165) is 23.9 Å². The molecule has 104 valence electrons. The second-order valence-corrected chi connectivity index (χ2v) is 5.30. The van der Waals surface area contributed by atoms with E-state index in [1.165, 1.54) is 19.3 Å². The predicted octanol–water partition coefficient (Wildman–Crippen LogP) is 3.97. The maximum absolute atomic E-state index is 10.5. The molecule has 2 aromatic heterocycles. The molecule has 0 aromatic carbocycles. The van der Waals surface area contributed by atoms with Gasteiger partial charge in [-0.1, -0.05) is 45.6 Å². The molecule has 19 heavy (non-hydrogen) atoms. The van der Waals surface area contributed by atoms with Crippen LogP contribution >= 0.6 is 0 Å². The zero-order chi connectivity index (χ0) is 13.7. The zero-order valence-corrected chi connectivity index (χ0v) is 11.9. The molecule has 3 nitrogen and oxygen atoms in total. The first-order valence-electron chi connectivity index (χ1n) is 7.36. The van der Waals surface area contributed by atoms with E-state index >= 15 is 0 Å². The molecule has 0 bridgehead atoms. The van der Waals surface area contributed by atoms with Crippen molar-refractivity contribution in [2.24, 2.45) is 5.92 Å². The number of hydrogen-bond acceptors (Lipinski definition) is 2. The van der Waals surface area contributed by atoms with Crippen LogP contribution in [0.15, 0.2) is 30.6 Å². The summed E-state index contributed by atoms with van der Waals surface area (Å²) in [6.07, 6.45) is 8.98. The van der Waals surface area contributed by atoms with Crippen LogP contribution < -0.4 is 0 Å². The first-order valence-corrected chi connectivity index (χ1v) is 7.36. The highest BCUT2D eigenvalue weighted by Crippen LogP contribution is 2.28. The normalized spacial score (nSPS) is 14.7. The summed E-state index contributed by atoms with van der Waals surface area (Å²) < 4.78 is 1.82. The van der Waals surface area contributed by atoms with E-state index in [1.807, 2.05) is 28.9 Å². The van der Waals surface area contributed by atoms with Crippen molar-refractivity contribution in [3.05, 3.63) is 36.2 Å². The standard InChI is InChI=1S/C16H24N2O/c1-3-5-8-13(4-2)11-16(19)14-12-17-18-10-7-6-9-15(14)18/h6-7,9-10,12-13,16,19H,3-5,8,11H2,1-2H3. The summed E-state index contributed by atoms with van der Waals surface area (Å²) >= 11 is 0. The van der Waals surface area contributed by atoms with E-state index in [-0.39, 0.29) is 0 Å². The van der Waals surface area contributed by atoms with Crippen LogP contribution in [-0.4, -0.2) is 14.7 Å². The first kappa shape index (κ1) is 14.1. The van der Waals surface area contributed by atoms with Crippen molar-refractivity contribution in [3.8, 4) is 0 Å². The lowest BCUT2D eigenvalue weighted by Gasteiger charge is -2.18. The van der Waals surface area contributed by atoms with Gasteiger partial charge in [0.25, 0.3) is 0 Å². The summed E-state index contributed by atoms with van der Waals surface area (Å²) in [5.74, 6) is 0.605. The first-order chi connectivity index (χ1) is 9.26. The van der Waals surface area contributed by atoms with Crippen LogP contribution in [0.3, 0.4) is 0 Å². The maximum Gasteiger partial charge on any atom is 0.0829 e. The molecule has 2 heterocycles. The van der Waals surface area contributed by atoms with E-state index in [4.69, 9.17) is 0 Å². The number of unbranched alkanes of at least 4 members (excludes halogenated alkanes) is 1. The van der Waals surface area contributed by atoms with Gasteiger partial charge >= 0.3 is 0 Å². The molecule has 0 amide bonds. The Kier molecular flexibility index (Phi) is 4.97. The molecular weight excluding hydrogens is 236 g/mol. The third-order valence-electron chi connectivity index (χ3n) is 3.92. The summed E-state index contributed by atoms with van der Waals surface area (Å²) in [6.45, 7) is 4.43. The molecule has 0 aliphatic carbocycles. The van der Waals surface area contributed by atoms with E-state index in [0.29, 0.717) is 5.92 Å². The predicted molar refractivity (Wildman–Crippen MR) is 78.1 cm³/mol. The largest absolute Gasteiger partial charge is 0.388 e. The maximum atomic E-state index is 10.5. The molecule has 2 aromatic rings. The zero-order valence-electron chi connectivity index (χ0n) is 11.9. The number of aliphatic hydroxyl groups is 1. The smallest absolute Gasteiger partial charge is 0.0829 e. The number of fused-ring (bicyclic) bond motifs is 1. The van der Waals surface area contributed by atoms with Gasteiger partial charge in [0.15, 0.2) is 0 Å². The Morgan fingerprint density at radius 1 is 1.32 bits per heavy atom. The molecule has 2 unspecified atom stereocenters. The van der Waals surface area contributed by atoms with Crippen LogP contribution in [0.4, 0.5) is 0 Å². The highest BCUT2D eigenvalue weighted by molar-refractivity contribution is 5.54. The van der Waals surface area contributed by atoms with E-state index in [1.54, 1.807) is 6.20 Å². The van der Waals surface area contributed by atoms with Crippen molar-refractivity contribution in [2.45, 2.75) is 52.1 Å². The quantitative estimate of drug-likeness (QED) is 0.817. The number of hydrogen-bond donors (Lipinski definition) is 1. The van der Waals surface area contributed by atoms with Gasteiger partial charge < -0.3 is 5.11 Å². The van der Waals surface area contributed by atoms with Crippen molar-refractivity contribution in [1.82, 2.24) is 9.61 Å². The van der Waals surface area contributed by atoms with Gasteiger partial charge in [0.1, 0.15) is 0 Å². The molecule has 0 fully saturated rings. The Hall–Kier alpha value is -1.35. The minimum atomic E-state index is -0.401. The van der Waals surface area contributed by atoms with Crippen LogP contribution in [0.25, 0.3) is 5.52 Å². The van der Waals surface area contributed by atoms with Gasteiger partial charge in [-0.2, -0.15) is 5.10 Å². The highest BCUT2D eigenvalue weighted by atomic mass is 16.3. The average molecular weight is 260 g/mol.